The van der Waals surface area contributed by atoms with Crippen LogP contribution in [0.2, 0.25) is 5.15 Å². The van der Waals surface area contributed by atoms with Crippen LogP contribution in [0, 0.1) is 6.92 Å². The maximum Gasteiger partial charge on any atom is 0.416 e. The first kappa shape index (κ1) is 21.1. The molecule has 29 heavy (non-hydrogen) atoms. The van der Waals surface area contributed by atoms with E-state index < -0.39 is 17.6 Å². The molecule has 0 fully saturated rings. The summed E-state index contributed by atoms with van der Waals surface area (Å²) in [5.41, 5.74) is 2.93. The number of hydrogen-bond acceptors (Lipinski definition) is 3. The van der Waals surface area contributed by atoms with E-state index in [9.17, 15) is 18.0 Å². The minimum absolute atomic E-state index is 0.0701. The number of benzene rings is 2. The smallest absolute Gasteiger partial charge is 0.267 e. The van der Waals surface area contributed by atoms with Crippen molar-refractivity contribution >= 4 is 39.7 Å². The third-order valence-corrected chi connectivity index (χ3v) is 5.00. The summed E-state index contributed by atoms with van der Waals surface area (Å²) in [4.78, 5) is 12.2. The number of nitrogens with one attached hydrogen (secondary N) is 1. The van der Waals surface area contributed by atoms with Crippen LogP contribution in [0.1, 0.15) is 27.2 Å². The van der Waals surface area contributed by atoms with Crippen molar-refractivity contribution in [1.29, 1.82) is 0 Å². The Labute approximate surface area is 177 Å². The summed E-state index contributed by atoms with van der Waals surface area (Å²) in [5, 5.41) is 8.13. The molecule has 0 saturated heterocycles. The van der Waals surface area contributed by atoms with Gasteiger partial charge in [0.2, 0.25) is 0 Å². The van der Waals surface area contributed by atoms with Crippen LogP contribution < -0.4 is 5.43 Å². The van der Waals surface area contributed by atoms with Crippen molar-refractivity contribution in [3.63, 3.8) is 0 Å². The summed E-state index contributed by atoms with van der Waals surface area (Å²) in [7, 11) is 0. The Morgan fingerprint density at radius 2 is 1.97 bits per heavy atom. The van der Waals surface area contributed by atoms with E-state index in [2.05, 4.69) is 31.6 Å². The van der Waals surface area contributed by atoms with E-state index >= 15 is 0 Å². The Morgan fingerprint density at radius 1 is 1.24 bits per heavy atom. The third-order valence-electron chi connectivity index (χ3n) is 3.94. The monoisotopic (exact) mass is 484 g/mol. The van der Waals surface area contributed by atoms with E-state index in [4.69, 9.17) is 11.6 Å². The molecule has 0 spiro atoms. The number of nitrogens with zero attached hydrogens (tertiary/aromatic N) is 3. The van der Waals surface area contributed by atoms with Crippen LogP contribution in [0.3, 0.4) is 0 Å². The SMILES string of the molecule is Cc1nn(-c2cccc(C(F)(F)F)c2)c(Cl)c1C=NNC(=O)c1ccccc1Br. The second kappa shape index (κ2) is 8.38. The topological polar surface area (TPSA) is 59.3 Å². The molecule has 0 radical (unpaired) electrons. The lowest BCUT2D eigenvalue weighted by atomic mass is 10.2. The van der Waals surface area contributed by atoms with E-state index in [1.54, 1.807) is 31.2 Å². The van der Waals surface area contributed by atoms with E-state index in [0.29, 0.717) is 21.3 Å². The van der Waals surface area contributed by atoms with Crippen molar-refractivity contribution in [2.24, 2.45) is 5.10 Å². The highest BCUT2D eigenvalue weighted by molar-refractivity contribution is 9.10. The Kier molecular flexibility index (Phi) is 6.09. The fourth-order valence-electron chi connectivity index (χ4n) is 2.50. The molecule has 5 nitrogen and oxygen atoms in total. The van der Waals surface area contributed by atoms with Crippen LogP contribution in [-0.2, 0) is 6.18 Å². The van der Waals surface area contributed by atoms with E-state index in [0.717, 1.165) is 12.1 Å². The molecule has 1 heterocycles. The molecule has 3 aromatic rings. The molecule has 0 aliphatic heterocycles. The van der Waals surface area contributed by atoms with Crippen LogP contribution in [0.5, 0.6) is 0 Å². The third kappa shape index (κ3) is 4.68. The molecule has 0 aliphatic rings. The molecule has 1 N–H and O–H groups in total. The number of hydrazone groups is 1. The normalized spacial score (nSPS) is 11.8. The van der Waals surface area contributed by atoms with Gasteiger partial charge in [-0.25, -0.2) is 10.1 Å². The van der Waals surface area contributed by atoms with Gasteiger partial charge in [-0.2, -0.15) is 23.4 Å². The summed E-state index contributed by atoms with van der Waals surface area (Å²) in [6.07, 6.45) is -3.19. The van der Waals surface area contributed by atoms with E-state index in [-0.39, 0.29) is 10.8 Å². The summed E-state index contributed by atoms with van der Waals surface area (Å²) >= 11 is 9.57. The summed E-state index contributed by atoms with van der Waals surface area (Å²) in [6, 6.07) is 11.5. The van der Waals surface area contributed by atoms with Crippen LogP contribution in [-0.4, -0.2) is 21.9 Å². The number of carbonyl (C=O) groups is 1. The summed E-state index contributed by atoms with van der Waals surface area (Å²) in [6.45, 7) is 1.63. The standard InChI is InChI=1S/C19H13BrClF3N4O/c1-11-15(10-25-26-18(29)14-7-2-3-8-16(14)20)17(21)28(27-11)13-6-4-5-12(9-13)19(22,23)24/h2-10H,1H3,(H,26,29). The Bertz CT molecular complexity index is 1100. The van der Waals surface area contributed by atoms with Gasteiger partial charge < -0.3 is 0 Å². The number of aromatic nitrogens is 2. The highest BCUT2D eigenvalue weighted by atomic mass is 79.9. The Morgan fingerprint density at radius 3 is 2.66 bits per heavy atom. The largest absolute Gasteiger partial charge is 0.416 e. The second-order valence-corrected chi connectivity index (χ2v) is 7.14. The lowest BCUT2D eigenvalue weighted by Crippen LogP contribution is -2.18. The minimum Gasteiger partial charge on any atom is -0.267 e. The zero-order valence-electron chi connectivity index (χ0n) is 14.8. The Hall–Kier alpha value is -2.65. The maximum atomic E-state index is 13.0. The highest BCUT2D eigenvalue weighted by Crippen LogP contribution is 2.31. The number of halogens is 5. The van der Waals surface area contributed by atoms with Gasteiger partial charge in [0.05, 0.1) is 34.3 Å². The number of carbonyl (C=O) groups excluding carboxylic acids is 1. The fraction of sp³-hybridized carbons (Fsp3) is 0.105. The maximum absolute atomic E-state index is 13.0. The van der Waals surface area contributed by atoms with Crippen molar-refractivity contribution in [3.8, 4) is 5.69 Å². The van der Waals surface area contributed by atoms with Gasteiger partial charge in [0, 0.05) is 4.47 Å². The molecule has 1 amide bonds. The molecule has 10 heteroatoms. The molecule has 3 rings (SSSR count). The van der Waals surface area contributed by atoms with Crippen LogP contribution >= 0.6 is 27.5 Å². The number of hydrogen-bond donors (Lipinski definition) is 1. The summed E-state index contributed by atoms with van der Waals surface area (Å²) in [5.74, 6) is -0.437. The van der Waals surface area contributed by atoms with Gasteiger partial charge in [0.1, 0.15) is 5.15 Å². The molecule has 0 aliphatic carbocycles. The van der Waals surface area contributed by atoms with Gasteiger partial charge in [0.25, 0.3) is 5.91 Å². The number of amides is 1. The number of rotatable bonds is 4. The van der Waals surface area contributed by atoms with Gasteiger partial charge in [-0.1, -0.05) is 29.8 Å². The van der Waals surface area contributed by atoms with Crippen LogP contribution in [0.15, 0.2) is 58.1 Å². The van der Waals surface area contributed by atoms with Gasteiger partial charge in [-0.05, 0) is 53.2 Å². The molecular weight excluding hydrogens is 473 g/mol. The van der Waals surface area contributed by atoms with Crippen molar-refractivity contribution in [2.75, 3.05) is 0 Å². The van der Waals surface area contributed by atoms with Crippen molar-refractivity contribution in [1.82, 2.24) is 15.2 Å². The van der Waals surface area contributed by atoms with E-state index in [1.165, 1.54) is 23.0 Å². The predicted octanol–water partition coefficient (Wildman–Crippen LogP) is 5.38. The van der Waals surface area contributed by atoms with Gasteiger partial charge in [-0.15, -0.1) is 0 Å². The molecule has 0 unspecified atom stereocenters. The molecular formula is C19H13BrClF3N4O. The van der Waals surface area contributed by atoms with Crippen molar-refractivity contribution in [3.05, 3.63) is 80.5 Å². The second-order valence-electron chi connectivity index (χ2n) is 5.93. The van der Waals surface area contributed by atoms with Crippen molar-refractivity contribution in [2.45, 2.75) is 13.1 Å². The average Bonchev–Trinajstić information content (AvgIpc) is 2.96. The first-order chi connectivity index (χ1) is 13.7. The van der Waals surface area contributed by atoms with E-state index in [1.807, 2.05) is 0 Å². The zero-order chi connectivity index (χ0) is 21.2. The quantitative estimate of drug-likeness (QED) is 0.398. The number of aryl methyl sites for hydroxylation is 1. The molecule has 0 atom stereocenters. The van der Waals surface area contributed by atoms with Gasteiger partial charge in [-0.3, -0.25) is 4.79 Å². The molecule has 0 saturated carbocycles. The molecule has 2 aromatic carbocycles. The van der Waals surface area contributed by atoms with Crippen molar-refractivity contribution < 1.29 is 18.0 Å². The Balaban J connectivity index is 1.84. The highest BCUT2D eigenvalue weighted by Gasteiger charge is 2.30. The summed E-state index contributed by atoms with van der Waals surface area (Å²) < 4.78 is 40.6. The van der Waals surface area contributed by atoms with Gasteiger partial charge in [0.15, 0.2) is 0 Å². The van der Waals surface area contributed by atoms with Crippen LogP contribution in [0.4, 0.5) is 13.2 Å². The average molecular weight is 486 g/mol. The molecule has 150 valence electrons. The first-order valence-corrected chi connectivity index (χ1v) is 9.36. The lowest BCUT2D eigenvalue weighted by Gasteiger charge is -2.09. The number of alkyl halides is 3. The fourth-order valence-corrected chi connectivity index (χ4v) is 3.29. The lowest BCUT2D eigenvalue weighted by molar-refractivity contribution is -0.137. The van der Waals surface area contributed by atoms with Gasteiger partial charge >= 0.3 is 6.18 Å². The minimum atomic E-state index is -4.48. The molecule has 0 bridgehead atoms. The molecule has 1 aromatic heterocycles. The first-order valence-electron chi connectivity index (χ1n) is 8.19. The predicted molar refractivity (Wildman–Crippen MR) is 108 cm³/mol. The van der Waals surface area contributed by atoms with Crippen LogP contribution in [0.25, 0.3) is 5.69 Å². The zero-order valence-corrected chi connectivity index (χ0v) is 17.2.